The Morgan fingerprint density at radius 1 is 1.19 bits per heavy atom. The van der Waals surface area contributed by atoms with Crippen molar-refractivity contribution < 1.29 is 29.3 Å². The summed E-state index contributed by atoms with van der Waals surface area (Å²) in [6.07, 6.45) is 2.77. The number of unbranched alkanes of at least 4 members (excludes halogenated alkanes) is 1. The van der Waals surface area contributed by atoms with E-state index in [2.05, 4.69) is 4.98 Å². The number of carboxylic acid groups (broad SMARTS) is 2. The van der Waals surface area contributed by atoms with Gasteiger partial charge in [0.1, 0.15) is 0 Å². The summed E-state index contributed by atoms with van der Waals surface area (Å²) >= 11 is 0. The van der Waals surface area contributed by atoms with Gasteiger partial charge in [-0.25, -0.2) is 0 Å². The maximum atomic E-state index is 13.3. The van der Waals surface area contributed by atoms with Crippen LogP contribution in [0.1, 0.15) is 44.6 Å². The van der Waals surface area contributed by atoms with E-state index in [1.807, 2.05) is 19.1 Å². The lowest BCUT2D eigenvalue weighted by atomic mass is 9.95. The molecule has 27 heavy (non-hydrogen) atoms. The van der Waals surface area contributed by atoms with Gasteiger partial charge in [-0.1, -0.05) is 31.9 Å². The molecule has 0 spiro atoms. The van der Waals surface area contributed by atoms with Gasteiger partial charge < -0.3 is 20.1 Å². The van der Waals surface area contributed by atoms with Crippen molar-refractivity contribution in [1.29, 1.82) is 0 Å². The van der Waals surface area contributed by atoms with E-state index < -0.39 is 30.9 Å². The molecule has 1 aromatic carbocycles. The first-order valence-electron chi connectivity index (χ1n) is 9.07. The number of H-pyrrole nitrogens is 1. The Morgan fingerprint density at radius 2 is 1.93 bits per heavy atom. The van der Waals surface area contributed by atoms with Gasteiger partial charge in [0, 0.05) is 29.2 Å². The SMILES string of the molecule is CCCCC(C(CCC(=O)O)C(=O)O)P(=O)(O)Cc1cccc2[nH]ccc12. The van der Waals surface area contributed by atoms with Crippen LogP contribution < -0.4 is 0 Å². The maximum absolute atomic E-state index is 13.3. The molecule has 148 valence electrons. The monoisotopic (exact) mass is 395 g/mol. The lowest BCUT2D eigenvalue weighted by Crippen LogP contribution is -2.29. The predicted octanol–water partition coefficient (Wildman–Crippen LogP) is 4.06. The second kappa shape index (κ2) is 9.20. The molecule has 0 fully saturated rings. The number of aliphatic carboxylic acids is 2. The zero-order valence-corrected chi connectivity index (χ0v) is 16.2. The molecule has 0 saturated heterocycles. The minimum absolute atomic E-state index is 0.132. The van der Waals surface area contributed by atoms with Gasteiger partial charge in [0.2, 0.25) is 7.37 Å². The van der Waals surface area contributed by atoms with Crippen LogP contribution in [0.4, 0.5) is 0 Å². The third-order valence-electron chi connectivity index (χ3n) is 4.90. The molecule has 3 atom stereocenters. The van der Waals surface area contributed by atoms with Crippen molar-refractivity contribution in [3.8, 4) is 0 Å². The van der Waals surface area contributed by atoms with Crippen LogP contribution in [0.3, 0.4) is 0 Å². The summed E-state index contributed by atoms with van der Waals surface area (Å²) in [7, 11) is -3.89. The average molecular weight is 395 g/mol. The standard InChI is InChI=1S/C19H26NO6P/c1-2-3-7-17(15(19(23)24)8-9-18(21)22)27(25,26)12-13-5-4-6-16-14(13)10-11-20-16/h4-6,10-11,15,17,20H,2-3,7-9,12H2,1H3,(H,21,22)(H,23,24)(H,25,26). The molecule has 0 saturated carbocycles. The number of hydrogen-bond acceptors (Lipinski definition) is 3. The number of fused-ring (bicyclic) bond motifs is 1. The van der Waals surface area contributed by atoms with E-state index >= 15 is 0 Å². The van der Waals surface area contributed by atoms with Crippen molar-refractivity contribution in [3.63, 3.8) is 0 Å². The highest BCUT2D eigenvalue weighted by molar-refractivity contribution is 7.58. The van der Waals surface area contributed by atoms with Gasteiger partial charge >= 0.3 is 11.9 Å². The molecule has 2 aromatic rings. The van der Waals surface area contributed by atoms with Crippen LogP contribution in [0.25, 0.3) is 10.9 Å². The molecule has 1 aromatic heterocycles. The van der Waals surface area contributed by atoms with E-state index in [1.54, 1.807) is 18.3 Å². The summed E-state index contributed by atoms with van der Waals surface area (Å²) < 4.78 is 13.3. The fourth-order valence-corrected chi connectivity index (χ4v) is 5.93. The molecule has 2 rings (SSSR count). The first-order chi connectivity index (χ1) is 12.8. The molecule has 0 bridgehead atoms. The molecular weight excluding hydrogens is 369 g/mol. The molecule has 4 N–H and O–H groups in total. The number of hydrogen-bond donors (Lipinski definition) is 4. The van der Waals surface area contributed by atoms with Crippen LogP contribution in [0.5, 0.6) is 0 Å². The highest BCUT2D eigenvalue weighted by Crippen LogP contribution is 2.55. The Hall–Kier alpha value is -2.11. The number of carboxylic acids is 2. The van der Waals surface area contributed by atoms with Gasteiger partial charge in [-0.2, -0.15) is 0 Å². The molecule has 0 aliphatic rings. The Morgan fingerprint density at radius 3 is 2.56 bits per heavy atom. The van der Waals surface area contributed by atoms with Crippen molar-refractivity contribution in [1.82, 2.24) is 4.98 Å². The number of rotatable bonds is 11. The zero-order valence-electron chi connectivity index (χ0n) is 15.3. The molecule has 0 amide bonds. The van der Waals surface area contributed by atoms with Crippen LogP contribution in [-0.2, 0) is 20.3 Å². The lowest BCUT2D eigenvalue weighted by molar-refractivity contribution is -0.143. The minimum atomic E-state index is -3.89. The summed E-state index contributed by atoms with van der Waals surface area (Å²) in [6.45, 7) is 1.92. The summed E-state index contributed by atoms with van der Waals surface area (Å²) in [5.41, 5.74) is 0.560. The lowest BCUT2D eigenvalue weighted by Gasteiger charge is -2.28. The normalized spacial score (nSPS) is 15.9. The minimum Gasteiger partial charge on any atom is -0.481 e. The van der Waals surface area contributed by atoms with Gasteiger partial charge in [0.15, 0.2) is 0 Å². The molecule has 0 aliphatic heterocycles. The fourth-order valence-electron chi connectivity index (χ4n) is 3.51. The number of carbonyl (C=O) groups is 2. The second-order valence-electron chi connectivity index (χ2n) is 6.86. The van der Waals surface area contributed by atoms with Crippen LogP contribution >= 0.6 is 7.37 Å². The molecule has 8 heteroatoms. The smallest absolute Gasteiger partial charge is 0.307 e. The molecule has 0 aliphatic carbocycles. The topological polar surface area (TPSA) is 128 Å². The second-order valence-corrected chi connectivity index (χ2v) is 9.35. The van der Waals surface area contributed by atoms with Crippen molar-refractivity contribution in [3.05, 3.63) is 36.0 Å². The first kappa shape index (κ1) is 21.2. The summed E-state index contributed by atoms with van der Waals surface area (Å²) in [5.74, 6) is -3.49. The number of benzene rings is 1. The maximum Gasteiger partial charge on any atom is 0.307 e. The van der Waals surface area contributed by atoms with Gasteiger partial charge in [0.25, 0.3) is 0 Å². The molecule has 1 heterocycles. The summed E-state index contributed by atoms with van der Waals surface area (Å²) in [4.78, 5) is 36.6. The Labute approximate surface area is 157 Å². The predicted molar refractivity (Wildman–Crippen MR) is 103 cm³/mol. The van der Waals surface area contributed by atoms with Gasteiger partial charge in [0.05, 0.1) is 12.1 Å². The van der Waals surface area contributed by atoms with E-state index in [1.165, 1.54) is 0 Å². The molecule has 3 unspecified atom stereocenters. The molecule has 0 radical (unpaired) electrons. The van der Waals surface area contributed by atoms with Crippen LogP contribution in [0.15, 0.2) is 30.5 Å². The third-order valence-corrected chi connectivity index (χ3v) is 7.35. The van der Waals surface area contributed by atoms with E-state index in [0.29, 0.717) is 12.0 Å². The molecular formula is C19H26NO6P. The van der Waals surface area contributed by atoms with E-state index in [4.69, 9.17) is 5.11 Å². The van der Waals surface area contributed by atoms with Crippen molar-refractivity contribution in [2.75, 3.05) is 0 Å². The largest absolute Gasteiger partial charge is 0.481 e. The highest BCUT2D eigenvalue weighted by atomic mass is 31.2. The van der Waals surface area contributed by atoms with Gasteiger partial charge in [-0.3, -0.25) is 14.2 Å². The number of aromatic amines is 1. The molecule has 7 nitrogen and oxygen atoms in total. The van der Waals surface area contributed by atoms with Gasteiger partial charge in [-0.15, -0.1) is 0 Å². The van der Waals surface area contributed by atoms with Crippen LogP contribution in [0.2, 0.25) is 0 Å². The number of aromatic nitrogens is 1. The van der Waals surface area contributed by atoms with Crippen LogP contribution in [0, 0.1) is 5.92 Å². The van der Waals surface area contributed by atoms with E-state index in [0.717, 1.165) is 17.3 Å². The highest BCUT2D eigenvalue weighted by Gasteiger charge is 2.40. The Kier molecular flexibility index (Phi) is 7.22. The van der Waals surface area contributed by atoms with Crippen molar-refractivity contribution in [2.45, 2.75) is 50.8 Å². The summed E-state index contributed by atoms with van der Waals surface area (Å²) in [5, 5.41) is 19.3. The quantitative estimate of drug-likeness (QED) is 0.425. The first-order valence-corrected chi connectivity index (χ1v) is 11.0. The Bertz CT molecular complexity index is 846. The van der Waals surface area contributed by atoms with Crippen molar-refractivity contribution in [2.24, 2.45) is 5.92 Å². The zero-order chi connectivity index (χ0) is 20.0. The number of nitrogens with one attached hydrogen (secondary N) is 1. The van der Waals surface area contributed by atoms with Gasteiger partial charge in [-0.05, 0) is 30.5 Å². The fraction of sp³-hybridized carbons (Fsp3) is 0.474. The Balaban J connectivity index is 2.34. The van der Waals surface area contributed by atoms with Crippen LogP contribution in [-0.4, -0.2) is 37.7 Å². The summed E-state index contributed by atoms with van der Waals surface area (Å²) in [6, 6.07) is 7.24. The third kappa shape index (κ3) is 5.44. The van der Waals surface area contributed by atoms with E-state index in [-0.39, 0.29) is 25.4 Å². The van der Waals surface area contributed by atoms with E-state index in [9.17, 15) is 24.2 Å². The average Bonchev–Trinajstić information content (AvgIpc) is 3.06. The van der Waals surface area contributed by atoms with Crippen molar-refractivity contribution >= 4 is 30.2 Å².